The maximum Gasteiger partial charge on any atom is 0.282 e. The molecule has 1 aliphatic heterocycles. The number of carbonyl (C=O) groups is 2. The summed E-state index contributed by atoms with van der Waals surface area (Å²) in [5.41, 5.74) is 1.52. The van der Waals surface area contributed by atoms with E-state index < -0.39 is 11.8 Å². The Balaban J connectivity index is 1.88. The number of halogens is 1. The lowest BCUT2D eigenvalue weighted by atomic mass is 10.1. The van der Waals surface area contributed by atoms with Crippen LogP contribution in [0.3, 0.4) is 0 Å². The zero-order chi connectivity index (χ0) is 14.1. The molecular formula is C15H9ClN2O2. The monoisotopic (exact) mass is 284 g/mol. The second-order valence-corrected chi connectivity index (χ2v) is 4.70. The molecule has 0 aromatic heterocycles. The summed E-state index contributed by atoms with van der Waals surface area (Å²) < 4.78 is 0. The first-order chi connectivity index (χ1) is 9.66. The fraction of sp³-hybridized carbons (Fsp3) is 0. The molecule has 0 bridgehead atoms. The van der Waals surface area contributed by atoms with Gasteiger partial charge in [-0.3, -0.25) is 9.59 Å². The number of nitrogens with zero attached hydrogens (tertiary/aromatic N) is 2. The first-order valence-corrected chi connectivity index (χ1v) is 6.32. The number of rotatable bonds is 2. The fourth-order valence-electron chi connectivity index (χ4n) is 1.95. The molecule has 1 heterocycles. The Labute approximate surface area is 120 Å². The maximum atomic E-state index is 12.1. The van der Waals surface area contributed by atoms with Crippen LogP contribution in [0.5, 0.6) is 0 Å². The summed E-state index contributed by atoms with van der Waals surface area (Å²) >= 11 is 5.78. The number of benzene rings is 2. The third-order valence-electron chi connectivity index (χ3n) is 2.96. The van der Waals surface area contributed by atoms with E-state index in [1.807, 2.05) is 0 Å². The lowest BCUT2D eigenvalue weighted by Gasteiger charge is -2.05. The van der Waals surface area contributed by atoms with Crippen LogP contribution in [0.15, 0.2) is 53.6 Å². The predicted molar refractivity (Wildman–Crippen MR) is 76.0 cm³/mol. The highest BCUT2D eigenvalue weighted by Gasteiger charge is 2.35. The number of amides is 2. The molecule has 5 heteroatoms. The summed E-state index contributed by atoms with van der Waals surface area (Å²) in [5, 5.41) is 5.45. The highest BCUT2D eigenvalue weighted by molar-refractivity contribution is 6.30. The van der Waals surface area contributed by atoms with Gasteiger partial charge in [0.25, 0.3) is 11.8 Å². The van der Waals surface area contributed by atoms with Crippen molar-refractivity contribution in [2.75, 3.05) is 0 Å². The Hall–Kier alpha value is -2.46. The Morgan fingerprint density at radius 1 is 0.900 bits per heavy atom. The van der Waals surface area contributed by atoms with Crippen molar-refractivity contribution in [3.63, 3.8) is 0 Å². The molecule has 0 radical (unpaired) electrons. The van der Waals surface area contributed by atoms with E-state index in [1.165, 1.54) is 6.21 Å². The van der Waals surface area contributed by atoms with Crippen molar-refractivity contribution in [1.82, 2.24) is 5.01 Å². The maximum absolute atomic E-state index is 12.1. The zero-order valence-corrected chi connectivity index (χ0v) is 11.0. The smallest absolute Gasteiger partial charge is 0.267 e. The number of fused-ring (bicyclic) bond motifs is 1. The highest BCUT2D eigenvalue weighted by atomic mass is 35.5. The van der Waals surface area contributed by atoms with Gasteiger partial charge in [0.15, 0.2) is 0 Å². The molecule has 0 saturated heterocycles. The van der Waals surface area contributed by atoms with E-state index in [0.717, 1.165) is 10.6 Å². The summed E-state index contributed by atoms with van der Waals surface area (Å²) in [6, 6.07) is 13.6. The topological polar surface area (TPSA) is 49.7 Å². The van der Waals surface area contributed by atoms with Crippen LogP contribution in [0.4, 0.5) is 0 Å². The summed E-state index contributed by atoms with van der Waals surface area (Å²) in [6.07, 6.45) is 1.46. The molecule has 2 aromatic carbocycles. The summed E-state index contributed by atoms with van der Waals surface area (Å²) in [4.78, 5) is 24.1. The number of carbonyl (C=O) groups excluding carboxylic acids is 2. The standard InChI is InChI=1S/C15H9ClN2O2/c16-11-7-5-10(6-8-11)9-17-18-14(19)12-3-1-2-4-13(12)15(18)20/h1-9H/b17-9+. The van der Waals surface area contributed by atoms with Gasteiger partial charge in [-0.2, -0.15) is 10.1 Å². The molecule has 0 unspecified atom stereocenters. The molecule has 1 aliphatic rings. The SMILES string of the molecule is O=C1c2ccccc2C(=O)N1/N=C/c1ccc(Cl)cc1. The van der Waals surface area contributed by atoms with Gasteiger partial charge in [-0.1, -0.05) is 35.9 Å². The second-order valence-electron chi connectivity index (χ2n) is 4.26. The van der Waals surface area contributed by atoms with E-state index in [1.54, 1.807) is 48.5 Å². The van der Waals surface area contributed by atoms with Crippen LogP contribution in [0.1, 0.15) is 26.3 Å². The number of hydrazone groups is 1. The largest absolute Gasteiger partial charge is 0.282 e. The van der Waals surface area contributed by atoms with Gasteiger partial charge >= 0.3 is 0 Å². The minimum absolute atomic E-state index is 0.380. The Morgan fingerprint density at radius 3 is 2.00 bits per heavy atom. The summed E-state index contributed by atoms with van der Waals surface area (Å²) in [6.45, 7) is 0. The zero-order valence-electron chi connectivity index (χ0n) is 10.3. The molecule has 20 heavy (non-hydrogen) atoms. The molecule has 2 amide bonds. The minimum Gasteiger partial charge on any atom is -0.267 e. The van der Waals surface area contributed by atoms with Gasteiger partial charge in [-0.25, -0.2) is 0 Å². The molecule has 0 N–H and O–H groups in total. The van der Waals surface area contributed by atoms with E-state index in [9.17, 15) is 9.59 Å². The van der Waals surface area contributed by atoms with Crippen molar-refractivity contribution in [2.45, 2.75) is 0 Å². The predicted octanol–water partition coefficient (Wildman–Crippen LogP) is 2.97. The first-order valence-electron chi connectivity index (χ1n) is 5.94. The summed E-state index contributed by atoms with van der Waals surface area (Å²) in [7, 11) is 0. The number of hydrogen-bond acceptors (Lipinski definition) is 3. The van der Waals surface area contributed by atoms with Crippen molar-refractivity contribution in [2.24, 2.45) is 5.10 Å². The second kappa shape index (κ2) is 4.90. The van der Waals surface area contributed by atoms with Gasteiger partial charge in [-0.05, 0) is 29.8 Å². The van der Waals surface area contributed by atoms with Gasteiger partial charge < -0.3 is 0 Å². The van der Waals surface area contributed by atoms with Crippen molar-refractivity contribution in [1.29, 1.82) is 0 Å². The molecule has 0 spiro atoms. The Kier molecular flexibility index (Phi) is 3.08. The van der Waals surface area contributed by atoms with Crippen LogP contribution in [-0.2, 0) is 0 Å². The van der Waals surface area contributed by atoms with Crippen molar-refractivity contribution >= 4 is 29.6 Å². The molecule has 0 fully saturated rings. The van der Waals surface area contributed by atoms with E-state index >= 15 is 0 Å². The Morgan fingerprint density at radius 2 is 1.45 bits per heavy atom. The quantitative estimate of drug-likeness (QED) is 0.629. The van der Waals surface area contributed by atoms with Crippen molar-refractivity contribution in [3.05, 3.63) is 70.2 Å². The van der Waals surface area contributed by atoms with Crippen LogP contribution in [0.2, 0.25) is 5.02 Å². The molecular weight excluding hydrogens is 276 g/mol. The highest BCUT2D eigenvalue weighted by Crippen LogP contribution is 2.22. The first kappa shape index (κ1) is 12.6. The van der Waals surface area contributed by atoms with Crippen LogP contribution in [-0.4, -0.2) is 23.0 Å². The lowest BCUT2D eigenvalue weighted by molar-refractivity contribution is 0.0660. The van der Waals surface area contributed by atoms with Gasteiger partial charge in [0.05, 0.1) is 17.3 Å². The van der Waals surface area contributed by atoms with E-state index in [-0.39, 0.29) is 0 Å². The molecule has 0 atom stereocenters. The molecule has 2 aromatic rings. The van der Waals surface area contributed by atoms with E-state index in [0.29, 0.717) is 16.1 Å². The van der Waals surface area contributed by atoms with Crippen molar-refractivity contribution < 1.29 is 9.59 Å². The minimum atomic E-state index is -0.407. The molecule has 4 nitrogen and oxygen atoms in total. The van der Waals surface area contributed by atoms with E-state index in [4.69, 9.17) is 11.6 Å². The molecule has 0 saturated carbocycles. The normalized spacial score (nSPS) is 14.2. The molecule has 3 rings (SSSR count). The average molecular weight is 285 g/mol. The number of hydrogen-bond donors (Lipinski definition) is 0. The third kappa shape index (κ3) is 2.10. The van der Waals surface area contributed by atoms with Gasteiger partial charge in [-0.15, -0.1) is 0 Å². The van der Waals surface area contributed by atoms with E-state index in [2.05, 4.69) is 5.10 Å². The summed E-state index contributed by atoms with van der Waals surface area (Å²) in [5.74, 6) is -0.813. The Bertz CT molecular complexity index is 688. The molecule has 98 valence electrons. The van der Waals surface area contributed by atoms with Crippen LogP contribution >= 0.6 is 11.6 Å². The van der Waals surface area contributed by atoms with Crippen molar-refractivity contribution in [3.8, 4) is 0 Å². The van der Waals surface area contributed by atoms with Crippen LogP contribution in [0.25, 0.3) is 0 Å². The third-order valence-corrected chi connectivity index (χ3v) is 3.22. The molecule has 0 aliphatic carbocycles. The van der Waals surface area contributed by atoms with Gasteiger partial charge in [0.2, 0.25) is 0 Å². The average Bonchev–Trinajstić information content (AvgIpc) is 2.71. The van der Waals surface area contributed by atoms with Crippen LogP contribution < -0.4 is 0 Å². The van der Waals surface area contributed by atoms with Crippen LogP contribution in [0, 0.1) is 0 Å². The van der Waals surface area contributed by atoms with Gasteiger partial charge in [0.1, 0.15) is 0 Å². The lowest BCUT2D eigenvalue weighted by Crippen LogP contribution is -2.23. The van der Waals surface area contributed by atoms with Gasteiger partial charge in [0, 0.05) is 5.02 Å². The fourth-order valence-corrected chi connectivity index (χ4v) is 2.08. The number of imide groups is 1.